The Bertz CT molecular complexity index is 541. The molecule has 2 N–H and O–H groups in total. The van der Waals surface area contributed by atoms with Gasteiger partial charge in [-0.1, -0.05) is 48.6 Å². The highest BCUT2D eigenvalue weighted by molar-refractivity contribution is 6.01. The fourth-order valence-corrected chi connectivity index (χ4v) is 2.05. The van der Waals surface area contributed by atoms with Crippen LogP contribution >= 0.6 is 0 Å². The molecule has 0 bridgehead atoms. The molecule has 0 heterocycles. The Morgan fingerprint density at radius 1 is 1.11 bits per heavy atom. The van der Waals surface area contributed by atoms with Crippen molar-refractivity contribution in [2.24, 2.45) is 5.41 Å². The van der Waals surface area contributed by atoms with E-state index in [1.165, 1.54) is 6.08 Å². The summed E-state index contributed by atoms with van der Waals surface area (Å²) in [6, 6.07) is 9.74. The summed E-state index contributed by atoms with van der Waals surface area (Å²) in [5.74, 6) is -2.66. The zero-order valence-corrected chi connectivity index (χ0v) is 10.2. The summed E-state index contributed by atoms with van der Waals surface area (Å²) in [6.45, 7) is 0. The Morgan fingerprint density at radius 2 is 1.74 bits per heavy atom. The predicted molar refractivity (Wildman–Crippen MR) is 69.7 cm³/mol. The Labute approximate surface area is 110 Å². The van der Waals surface area contributed by atoms with Gasteiger partial charge in [0.25, 0.3) is 0 Å². The molecule has 0 spiro atoms. The van der Waals surface area contributed by atoms with Crippen LogP contribution in [0.1, 0.15) is 12.0 Å². The van der Waals surface area contributed by atoms with Gasteiger partial charge in [-0.3, -0.25) is 9.59 Å². The standard InChI is InChI=1S/C15H14O4/c16-13(17)15(14(18)19)8-6-12(7-9-15)10-11-4-2-1-3-5-11/h1-8H,9-10H2,(H,16,17)(H,18,19). The molecule has 0 saturated heterocycles. The molecule has 1 aromatic carbocycles. The van der Waals surface area contributed by atoms with Crippen molar-refractivity contribution in [3.8, 4) is 0 Å². The molecule has 2 rings (SSSR count). The van der Waals surface area contributed by atoms with Crippen molar-refractivity contribution in [1.29, 1.82) is 0 Å². The monoisotopic (exact) mass is 258 g/mol. The number of carboxylic acid groups (broad SMARTS) is 2. The molecule has 0 atom stereocenters. The Morgan fingerprint density at radius 3 is 2.21 bits per heavy atom. The van der Waals surface area contributed by atoms with Crippen LogP contribution < -0.4 is 0 Å². The molecule has 4 heteroatoms. The van der Waals surface area contributed by atoms with E-state index in [-0.39, 0.29) is 6.42 Å². The van der Waals surface area contributed by atoms with Crippen molar-refractivity contribution >= 4 is 11.9 Å². The molecule has 0 aromatic heterocycles. The lowest BCUT2D eigenvalue weighted by Gasteiger charge is -2.23. The Kier molecular flexibility index (Phi) is 3.51. The number of rotatable bonds is 4. The van der Waals surface area contributed by atoms with E-state index in [1.807, 2.05) is 30.3 Å². The zero-order chi connectivity index (χ0) is 13.9. The van der Waals surface area contributed by atoms with Crippen molar-refractivity contribution < 1.29 is 19.8 Å². The Balaban J connectivity index is 2.15. The van der Waals surface area contributed by atoms with Crippen LogP contribution in [0.25, 0.3) is 0 Å². The minimum atomic E-state index is -1.82. The highest BCUT2D eigenvalue weighted by Crippen LogP contribution is 2.31. The lowest BCUT2D eigenvalue weighted by molar-refractivity contribution is -0.160. The number of hydrogen-bond donors (Lipinski definition) is 2. The van der Waals surface area contributed by atoms with E-state index >= 15 is 0 Å². The minimum absolute atomic E-state index is 0.0175. The van der Waals surface area contributed by atoms with Crippen molar-refractivity contribution in [1.82, 2.24) is 0 Å². The van der Waals surface area contributed by atoms with Gasteiger partial charge < -0.3 is 10.2 Å². The molecular weight excluding hydrogens is 244 g/mol. The third-order valence-corrected chi connectivity index (χ3v) is 3.28. The molecule has 0 aliphatic heterocycles. The van der Waals surface area contributed by atoms with Gasteiger partial charge in [-0.2, -0.15) is 0 Å². The van der Waals surface area contributed by atoms with Crippen molar-refractivity contribution in [2.75, 3.05) is 0 Å². The summed E-state index contributed by atoms with van der Waals surface area (Å²) in [7, 11) is 0. The number of aliphatic carboxylic acids is 2. The van der Waals surface area contributed by atoms with E-state index in [0.717, 1.165) is 11.1 Å². The number of carbonyl (C=O) groups is 2. The summed E-state index contributed by atoms with van der Waals surface area (Å²) >= 11 is 0. The molecule has 4 nitrogen and oxygen atoms in total. The van der Waals surface area contributed by atoms with Crippen molar-refractivity contribution in [3.05, 3.63) is 59.7 Å². The average Bonchev–Trinajstić information content (AvgIpc) is 2.40. The molecule has 1 aromatic rings. The maximum absolute atomic E-state index is 11.1. The van der Waals surface area contributed by atoms with E-state index < -0.39 is 17.4 Å². The number of hydrogen-bond acceptors (Lipinski definition) is 2. The molecule has 0 radical (unpaired) electrons. The largest absolute Gasteiger partial charge is 0.480 e. The number of allylic oxidation sites excluding steroid dienone is 3. The van der Waals surface area contributed by atoms with E-state index in [4.69, 9.17) is 10.2 Å². The first-order chi connectivity index (χ1) is 9.04. The maximum atomic E-state index is 11.1. The van der Waals surface area contributed by atoms with E-state index in [1.54, 1.807) is 12.2 Å². The highest BCUT2D eigenvalue weighted by Gasteiger charge is 2.44. The van der Waals surface area contributed by atoms with E-state index in [2.05, 4.69) is 0 Å². The van der Waals surface area contributed by atoms with Gasteiger partial charge in [0, 0.05) is 0 Å². The first kappa shape index (κ1) is 13.1. The third-order valence-electron chi connectivity index (χ3n) is 3.28. The van der Waals surface area contributed by atoms with Crippen molar-refractivity contribution in [3.63, 3.8) is 0 Å². The Hall–Kier alpha value is -2.36. The predicted octanol–water partition coefficient (Wildman–Crippen LogP) is 2.27. The van der Waals surface area contributed by atoms with E-state index in [9.17, 15) is 9.59 Å². The minimum Gasteiger partial charge on any atom is -0.480 e. The van der Waals surface area contributed by atoms with Crippen molar-refractivity contribution in [2.45, 2.75) is 12.8 Å². The van der Waals surface area contributed by atoms with Crippen LogP contribution in [0.5, 0.6) is 0 Å². The number of carboxylic acids is 2. The molecule has 0 fully saturated rings. The van der Waals surface area contributed by atoms with Gasteiger partial charge in [0.15, 0.2) is 5.41 Å². The third kappa shape index (κ3) is 2.57. The lowest BCUT2D eigenvalue weighted by Crippen LogP contribution is -2.38. The fourth-order valence-electron chi connectivity index (χ4n) is 2.05. The lowest BCUT2D eigenvalue weighted by atomic mass is 9.79. The molecule has 0 amide bonds. The summed E-state index contributed by atoms with van der Waals surface area (Å²) in [6.07, 6.45) is 5.22. The molecular formula is C15H14O4. The second-order valence-electron chi connectivity index (χ2n) is 4.56. The van der Waals surface area contributed by atoms with Gasteiger partial charge in [0.05, 0.1) is 0 Å². The van der Waals surface area contributed by atoms with Gasteiger partial charge in [0.2, 0.25) is 0 Å². The normalized spacial score (nSPS) is 16.7. The van der Waals surface area contributed by atoms with Crippen LogP contribution in [0, 0.1) is 5.41 Å². The summed E-state index contributed by atoms with van der Waals surface area (Å²) in [5, 5.41) is 18.1. The molecule has 0 unspecified atom stereocenters. The van der Waals surface area contributed by atoms with Gasteiger partial charge in [-0.25, -0.2) is 0 Å². The first-order valence-electron chi connectivity index (χ1n) is 5.93. The first-order valence-corrected chi connectivity index (χ1v) is 5.93. The van der Waals surface area contributed by atoms with Crippen LogP contribution in [0.3, 0.4) is 0 Å². The van der Waals surface area contributed by atoms with Gasteiger partial charge in [-0.15, -0.1) is 0 Å². The molecule has 19 heavy (non-hydrogen) atoms. The van der Waals surface area contributed by atoms with Gasteiger partial charge in [0.1, 0.15) is 0 Å². The van der Waals surface area contributed by atoms with Gasteiger partial charge in [-0.05, 0) is 24.0 Å². The fraction of sp³-hybridized carbons (Fsp3) is 0.200. The second-order valence-corrected chi connectivity index (χ2v) is 4.56. The SMILES string of the molecule is O=C(O)C1(C(=O)O)C=CC(Cc2ccccc2)=CC1. The topological polar surface area (TPSA) is 74.6 Å². The second kappa shape index (κ2) is 5.10. The van der Waals surface area contributed by atoms with Crippen LogP contribution in [-0.4, -0.2) is 22.2 Å². The van der Waals surface area contributed by atoms with E-state index in [0.29, 0.717) is 6.42 Å². The average molecular weight is 258 g/mol. The smallest absolute Gasteiger partial charge is 0.325 e. The maximum Gasteiger partial charge on any atom is 0.325 e. The molecule has 98 valence electrons. The van der Waals surface area contributed by atoms with Crippen LogP contribution in [0.15, 0.2) is 54.1 Å². The quantitative estimate of drug-likeness (QED) is 0.812. The summed E-state index contributed by atoms with van der Waals surface area (Å²) in [5.41, 5.74) is 0.223. The van der Waals surface area contributed by atoms with Crippen LogP contribution in [0.4, 0.5) is 0 Å². The highest BCUT2D eigenvalue weighted by atomic mass is 16.4. The zero-order valence-electron chi connectivity index (χ0n) is 10.2. The van der Waals surface area contributed by atoms with Crippen LogP contribution in [-0.2, 0) is 16.0 Å². The summed E-state index contributed by atoms with van der Waals surface area (Å²) in [4.78, 5) is 22.2. The van der Waals surface area contributed by atoms with Crippen LogP contribution in [0.2, 0.25) is 0 Å². The summed E-state index contributed by atoms with van der Waals surface area (Å²) < 4.78 is 0. The molecule has 1 aliphatic rings. The molecule has 0 saturated carbocycles. The van der Waals surface area contributed by atoms with Gasteiger partial charge >= 0.3 is 11.9 Å². The molecule has 1 aliphatic carbocycles. The number of benzene rings is 1.